The molecule has 0 saturated heterocycles. The standard InChI is InChI=1S/C25H27N3O8/c1-15(22(29)28(12-3-13-35-2)20(23(30)31)24(32)33)14-16-4-6-18(7-5-16)25(34)36-19-10-8-17(9-11-19)21(26)27/h4-11,14,20H,3,12-13H2,1-2H3,(H3,26,27)(H,30,31)(H,32,33)/b15-14+. The van der Waals surface area contributed by atoms with Gasteiger partial charge in [-0.15, -0.1) is 0 Å². The van der Waals surface area contributed by atoms with Crippen molar-refractivity contribution in [3.63, 3.8) is 0 Å². The Balaban J connectivity index is 2.16. The van der Waals surface area contributed by atoms with Crippen molar-refractivity contribution >= 4 is 35.7 Å². The molecule has 0 aliphatic rings. The molecule has 11 heteroatoms. The molecule has 0 aliphatic heterocycles. The molecule has 0 heterocycles. The molecule has 0 aliphatic carbocycles. The maximum absolute atomic E-state index is 12.9. The molecule has 0 aromatic heterocycles. The summed E-state index contributed by atoms with van der Waals surface area (Å²) in [6.45, 7) is 1.54. The van der Waals surface area contributed by atoms with Crippen LogP contribution in [-0.2, 0) is 19.1 Å². The predicted octanol–water partition coefficient (Wildman–Crippen LogP) is 2.00. The number of amides is 1. The van der Waals surface area contributed by atoms with E-state index >= 15 is 0 Å². The number of nitrogens with one attached hydrogen (secondary N) is 1. The minimum absolute atomic E-state index is 0.107. The number of methoxy groups -OCH3 is 1. The first-order valence-electron chi connectivity index (χ1n) is 10.8. The summed E-state index contributed by atoms with van der Waals surface area (Å²) in [7, 11) is 1.44. The molecule has 0 fully saturated rings. The fourth-order valence-corrected chi connectivity index (χ4v) is 3.22. The quantitative estimate of drug-likeness (QED) is 0.0648. The molecule has 0 radical (unpaired) electrons. The lowest BCUT2D eigenvalue weighted by atomic mass is 10.1. The zero-order valence-electron chi connectivity index (χ0n) is 19.8. The second-order valence-electron chi connectivity index (χ2n) is 7.70. The molecule has 190 valence electrons. The molecule has 36 heavy (non-hydrogen) atoms. The number of carboxylic acids is 2. The summed E-state index contributed by atoms with van der Waals surface area (Å²) in [6.07, 6.45) is 1.71. The molecule has 2 aromatic carbocycles. The van der Waals surface area contributed by atoms with E-state index in [2.05, 4.69) is 0 Å². The zero-order chi connectivity index (χ0) is 26.8. The molecule has 0 atom stereocenters. The smallest absolute Gasteiger partial charge is 0.343 e. The molecular formula is C25H27N3O8. The van der Waals surface area contributed by atoms with Crippen molar-refractivity contribution < 1.29 is 38.9 Å². The monoisotopic (exact) mass is 497 g/mol. The van der Waals surface area contributed by atoms with Gasteiger partial charge in [0.15, 0.2) is 0 Å². The Kier molecular flexibility index (Phi) is 9.87. The average molecular weight is 498 g/mol. The molecular weight excluding hydrogens is 470 g/mol. The third kappa shape index (κ3) is 7.50. The van der Waals surface area contributed by atoms with E-state index in [1.165, 1.54) is 44.4 Å². The van der Waals surface area contributed by atoms with Crippen LogP contribution in [0.3, 0.4) is 0 Å². The van der Waals surface area contributed by atoms with Gasteiger partial charge in [-0.05, 0) is 61.4 Å². The van der Waals surface area contributed by atoms with Gasteiger partial charge in [0.25, 0.3) is 5.91 Å². The van der Waals surface area contributed by atoms with Crippen LogP contribution in [0.25, 0.3) is 6.08 Å². The molecule has 5 N–H and O–H groups in total. The van der Waals surface area contributed by atoms with Crippen LogP contribution < -0.4 is 10.5 Å². The van der Waals surface area contributed by atoms with E-state index in [-0.39, 0.29) is 42.3 Å². The lowest BCUT2D eigenvalue weighted by Gasteiger charge is -2.26. The molecule has 11 nitrogen and oxygen atoms in total. The third-order valence-corrected chi connectivity index (χ3v) is 5.03. The highest BCUT2D eigenvalue weighted by Crippen LogP contribution is 2.17. The fourth-order valence-electron chi connectivity index (χ4n) is 3.22. The number of benzene rings is 2. The van der Waals surface area contributed by atoms with Crippen LogP contribution in [0.5, 0.6) is 5.75 Å². The van der Waals surface area contributed by atoms with Gasteiger partial charge in [0.1, 0.15) is 11.6 Å². The Bertz CT molecular complexity index is 1140. The molecule has 2 aromatic rings. The van der Waals surface area contributed by atoms with Crippen molar-refractivity contribution in [1.29, 1.82) is 5.41 Å². The van der Waals surface area contributed by atoms with Gasteiger partial charge in [0.2, 0.25) is 6.04 Å². The second kappa shape index (κ2) is 12.8. The molecule has 0 saturated carbocycles. The van der Waals surface area contributed by atoms with Gasteiger partial charge in [-0.1, -0.05) is 12.1 Å². The van der Waals surface area contributed by atoms with Crippen molar-refractivity contribution in [1.82, 2.24) is 4.90 Å². The van der Waals surface area contributed by atoms with E-state index in [9.17, 15) is 29.4 Å². The number of carbonyl (C=O) groups is 4. The second-order valence-corrected chi connectivity index (χ2v) is 7.70. The number of nitrogens with zero attached hydrogens (tertiary/aromatic N) is 1. The van der Waals surface area contributed by atoms with Crippen LogP contribution in [-0.4, -0.2) is 71.1 Å². The van der Waals surface area contributed by atoms with Crippen molar-refractivity contribution in [2.24, 2.45) is 5.73 Å². The predicted molar refractivity (Wildman–Crippen MR) is 130 cm³/mol. The van der Waals surface area contributed by atoms with E-state index in [0.717, 1.165) is 4.90 Å². The number of nitrogen functional groups attached to an aromatic ring is 1. The van der Waals surface area contributed by atoms with Crippen molar-refractivity contribution in [3.8, 4) is 5.75 Å². The Morgan fingerprint density at radius 2 is 1.56 bits per heavy atom. The minimum atomic E-state index is -2.04. The summed E-state index contributed by atoms with van der Waals surface area (Å²) >= 11 is 0. The number of amidine groups is 1. The third-order valence-electron chi connectivity index (χ3n) is 5.03. The van der Waals surface area contributed by atoms with Gasteiger partial charge in [-0.2, -0.15) is 0 Å². The maximum Gasteiger partial charge on any atom is 0.343 e. The highest BCUT2D eigenvalue weighted by molar-refractivity contribution is 6.05. The van der Waals surface area contributed by atoms with Crippen LogP contribution in [0.1, 0.15) is 34.8 Å². The number of esters is 1. The molecule has 1 amide bonds. The summed E-state index contributed by atoms with van der Waals surface area (Å²) in [5, 5.41) is 26.0. The van der Waals surface area contributed by atoms with Gasteiger partial charge < -0.3 is 30.3 Å². The van der Waals surface area contributed by atoms with Gasteiger partial charge in [0.05, 0.1) is 5.56 Å². The van der Waals surface area contributed by atoms with Crippen molar-refractivity contribution in [2.75, 3.05) is 20.3 Å². The number of hydrogen-bond acceptors (Lipinski definition) is 7. The number of aliphatic carboxylic acids is 2. The van der Waals surface area contributed by atoms with Gasteiger partial charge in [-0.25, -0.2) is 14.4 Å². The van der Waals surface area contributed by atoms with E-state index in [0.29, 0.717) is 11.1 Å². The van der Waals surface area contributed by atoms with Crippen LogP contribution in [0.4, 0.5) is 0 Å². The van der Waals surface area contributed by atoms with E-state index in [1.807, 2.05) is 0 Å². The van der Waals surface area contributed by atoms with Crippen LogP contribution in [0, 0.1) is 5.41 Å². The lowest BCUT2D eigenvalue weighted by Crippen LogP contribution is -2.50. The minimum Gasteiger partial charge on any atom is -0.479 e. The first-order valence-corrected chi connectivity index (χ1v) is 10.8. The van der Waals surface area contributed by atoms with Gasteiger partial charge in [0, 0.05) is 31.4 Å². The number of nitrogens with two attached hydrogens (primary N) is 1. The van der Waals surface area contributed by atoms with Crippen LogP contribution >= 0.6 is 0 Å². The van der Waals surface area contributed by atoms with E-state index in [4.69, 9.17) is 20.6 Å². The van der Waals surface area contributed by atoms with Gasteiger partial charge >= 0.3 is 17.9 Å². The number of carboxylic acid groups (broad SMARTS) is 2. The van der Waals surface area contributed by atoms with Crippen molar-refractivity contribution in [3.05, 3.63) is 70.8 Å². The first-order chi connectivity index (χ1) is 17.0. The SMILES string of the molecule is COCCCN(C(=O)/C(C)=C/c1ccc(C(=O)Oc2ccc(C(=N)N)cc2)cc1)C(C(=O)O)C(=O)O. The summed E-state index contributed by atoms with van der Waals surface area (Å²) in [5.41, 5.74) is 6.77. The number of rotatable bonds is 12. The Labute approximate surface area is 207 Å². The van der Waals surface area contributed by atoms with E-state index < -0.39 is 29.9 Å². The number of hydrogen-bond donors (Lipinski definition) is 4. The highest BCUT2D eigenvalue weighted by Gasteiger charge is 2.36. The molecule has 0 bridgehead atoms. The normalized spacial score (nSPS) is 11.1. The molecule has 2 rings (SSSR count). The summed E-state index contributed by atoms with van der Waals surface area (Å²) in [6, 6.07) is 10.2. The number of ether oxygens (including phenoxy) is 2. The van der Waals surface area contributed by atoms with E-state index in [1.54, 1.807) is 24.3 Å². The van der Waals surface area contributed by atoms with Crippen molar-refractivity contribution in [2.45, 2.75) is 19.4 Å². The van der Waals surface area contributed by atoms with Crippen LogP contribution in [0.15, 0.2) is 54.1 Å². The van der Waals surface area contributed by atoms with Gasteiger partial charge in [-0.3, -0.25) is 10.2 Å². The maximum atomic E-state index is 12.9. The Morgan fingerprint density at radius 1 is 1.00 bits per heavy atom. The Morgan fingerprint density at radius 3 is 2.06 bits per heavy atom. The largest absolute Gasteiger partial charge is 0.479 e. The zero-order valence-corrected chi connectivity index (χ0v) is 19.8. The molecule has 0 unspecified atom stereocenters. The lowest BCUT2D eigenvalue weighted by molar-refractivity contribution is -0.160. The topological polar surface area (TPSA) is 180 Å². The molecule has 0 spiro atoms. The summed E-state index contributed by atoms with van der Waals surface area (Å²) in [5.74, 6) is -4.51. The Hall–Kier alpha value is -4.51. The summed E-state index contributed by atoms with van der Waals surface area (Å²) in [4.78, 5) is 49.1. The highest BCUT2D eigenvalue weighted by atomic mass is 16.5. The average Bonchev–Trinajstić information content (AvgIpc) is 2.83. The fraction of sp³-hybridized carbons (Fsp3) is 0.240. The first kappa shape index (κ1) is 27.7. The van der Waals surface area contributed by atoms with Crippen LogP contribution in [0.2, 0.25) is 0 Å². The number of carbonyl (C=O) groups excluding carboxylic acids is 2. The summed E-state index contributed by atoms with van der Waals surface area (Å²) < 4.78 is 10.2.